The van der Waals surface area contributed by atoms with Crippen molar-refractivity contribution >= 4 is 33.5 Å². The highest BCUT2D eigenvalue weighted by Crippen LogP contribution is 2.39. The minimum atomic E-state index is -1.09. The number of carbonyl (C=O) groups is 2. The third-order valence-corrected chi connectivity index (χ3v) is 7.08. The molecule has 1 N–H and O–H groups in total. The number of nitrogens with one attached hydrogen (secondary N) is 1. The Morgan fingerprint density at radius 1 is 1.16 bits per heavy atom. The minimum Gasteiger partial charge on any atom is -0.476 e. The number of methoxy groups -OCH3 is 1. The molecule has 2 aromatic carbocycles. The van der Waals surface area contributed by atoms with E-state index in [2.05, 4.69) is 21.2 Å². The molecule has 0 heterocycles. The number of benzene rings is 2. The quantitative estimate of drug-likeness (QED) is 0.425. The SMILES string of the molecule is CCC(C)(Oc1cccc(NC(=O)C(c2ccc(Br)cc2)C2CCCC2)c1C)C(=O)OC. The number of esters is 1. The van der Waals surface area contributed by atoms with Crippen LogP contribution in [0.2, 0.25) is 0 Å². The molecule has 1 amide bonds. The molecule has 0 spiro atoms. The molecule has 2 unspecified atom stereocenters. The molecule has 1 fully saturated rings. The van der Waals surface area contributed by atoms with E-state index in [1.165, 1.54) is 7.11 Å². The van der Waals surface area contributed by atoms with E-state index in [0.717, 1.165) is 41.3 Å². The van der Waals surface area contributed by atoms with Crippen LogP contribution in [0.5, 0.6) is 5.75 Å². The third-order valence-electron chi connectivity index (χ3n) is 6.55. The Morgan fingerprint density at radius 2 is 1.81 bits per heavy atom. The van der Waals surface area contributed by atoms with E-state index in [9.17, 15) is 9.59 Å². The van der Waals surface area contributed by atoms with Gasteiger partial charge in [0.25, 0.3) is 0 Å². The van der Waals surface area contributed by atoms with Gasteiger partial charge in [-0.3, -0.25) is 4.79 Å². The maximum absolute atomic E-state index is 13.5. The molecule has 5 nitrogen and oxygen atoms in total. The van der Waals surface area contributed by atoms with Crippen LogP contribution in [0.1, 0.15) is 63.0 Å². The molecule has 172 valence electrons. The van der Waals surface area contributed by atoms with E-state index in [4.69, 9.17) is 9.47 Å². The minimum absolute atomic E-state index is 0.00862. The van der Waals surface area contributed by atoms with E-state index in [-0.39, 0.29) is 11.8 Å². The molecule has 0 aliphatic heterocycles. The lowest BCUT2D eigenvalue weighted by Crippen LogP contribution is -2.42. The van der Waals surface area contributed by atoms with Crippen LogP contribution in [0.15, 0.2) is 46.9 Å². The van der Waals surface area contributed by atoms with Crippen molar-refractivity contribution in [2.24, 2.45) is 5.92 Å². The van der Waals surface area contributed by atoms with Crippen molar-refractivity contribution in [3.8, 4) is 5.75 Å². The van der Waals surface area contributed by atoms with Gasteiger partial charge in [0.2, 0.25) is 11.5 Å². The van der Waals surface area contributed by atoms with Crippen molar-refractivity contribution in [1.82, 2.24) is 0 Å². The first-order chi connectivity index (χ1) is 15.3. The summed E-state index contributed by atoms with van der Waals surface area (Å²) >= 11 is 3.48. The van der Waals surface area contributed by atoms with Crippen LogP contribution < -0.4 is 10.1 Å². The molecule has 1 aliphatic carbocycles. The van der Waals surface area contributed by atoms with Crippen LogP contribution in [0.3, 0.4) is 0 Å². The van der Waals surface area contributed by atoms with Gasteiger partial charge in [-0.15, -0.1) is 0 Å². The lowest BCUT2D eigenvalue weighted by atomic mass is 9.84. The zero-order valence-electron chi connectivity index (χ0n) is 19.2. The fourth-order valence-corrected chi connectivity index (χ4v) is 4.65. The number of rotatable bonds is 8. The van der Waals surface area contributed by atoms with Gasteiger partial charge in [-0.2, -0.15) is 0 Å². The van der Waals surface area contributed by atoms with E-state index in [1.807, 2.05) is 56.3 Å². The van der Waals surface area contributed by atoms with Crippen LogP contribution in [-0.4, -0.2) is 24.6 Å². The Morgan fingerprint density at radius 3 is 2.41 bits per heavy atom. The first-order valence-corrected chi connectivity index (χ1v) is 12.0. The molecule has 2 aromatic rings. The number of carbonyl (C=O) groups excluding carboxylic acids is 2. The first-order valence-electron chi connectivity index (χ1n) is 11.2. The fourth-order valence-electron chi connectivity index (χ4n) is 4.39. The highest BCUT2D eigenvalue weighted by molar-refractivity contribution is 9.10. The van der Waals surface area contributed by atoms with Crippen LogP contribution in [0.4, 0.5) is 5.69 Å². The number of halogens is 1. The Labute approximate surface area is 199 Å². The Hall–Kier alpha value is -2.34. The zero-order valence-corrected chi connectivity index (χ0v) is 20.8. The Kier molecular flexibility index (Phi) is 7.99. The van der Waals surface area contributed by atoms with E-state index in [1.54, 1.807) is 6.92 Å². The monoisotopic (exact) mass is 501 g/mol. The number of anilines is 1. The largest absolute Gasteiger partial charge is 0.476 e. The van der Waals surface area contributed by atoms with Gasteiger partial charge < -0.3 is 14.8 Å². The van der Waals surface area contributed by atoms with Crippen LogP contribution in [0, 0.1) is 12.8 Å². The summed E-state index contributed by atoms with van der Waals surface area (Å²) in [6, 6.07) is 13.5. The summed E-state index contributed by atoms with van der Waals surface area (Å²) in [4.78, 5) is 25.7. The van der Waals surface area contributed by atoms with E-state index < -0.39 is 11.6 Å². The van der Waals surface area contributed by atoms with Crippen molar-refractivity contribution in [2.45, 2.75) is 64.4 Å². The zero-order chi connectivity index (χ0) is 23.3. The molecular formula is C26H32BrNO4. The lowest BCUT2D eigenvalue weighted by molar-refractivity contribution is -0.157. The first kappa shape index (κ1) is 24.3. The van der Waals surface area contributed by atoms with Crippen molar-refractivity contribution < 1.29 is 19.1 Å². The van der Waals surface area contributed by atoms with Crippen molar-refractivity contribution in [1.29, 1.82) is 0 Å². The summed E-state index contributed by atoms with van der Waals surface area (Å²) in [5.41, 5.74) is 1.42. The molecule has 1 saturated carbocycles. The smallest absolute Gasteiger partial charge is 0.349 e. The molecular weight excluding hydrogens is 470 g/mol. The van der Waals surface area contributed by atoms with Crippen LogP contribution in [-0.2, 0) is 14.3 Å². The predicted octanol–water partition coefficient (Wildman–Crippen LogP) is 6.39. The molecule has 3 rings (SSSR count). The van der Waals surface area contributed by atoms with Gasteiger partial charge in [0.05, 0.1) is 13.0 Å². The summed E-state index contributed by atoms with van der Waals surface area (Å²) in [5.74, 6) is 0.249. The molecule has 0 saturated heterocycles. The molecule has 32 heavy (non-hydrogen) atoms. The molecule has 2 atom stereocenters. The summed E-state index contributed by atoms with van der Waals surface area (Å²) in [7, 11) is 1.36. The van der Waals surface area contributed by atoms with Gasteiger partial charge in [-0.1, -0.05) is 53.9 Å². The second kappa shape index (κ2) is 10.5. The van der Waals surface area contributed by atoms with Crippen molar-refractivity contribution in [3.05, 3.63) is 58.1 Å². The van der Waals surface area contributed by atoms with Crippen molar-refractivity contribution in [3.63, 3.8) is 0 Å². The highest BCUT2D eigenvalue weighted by atomic mass is 79.9. The van der Waals surface area contributed by atoms with Gasteiger partial charge in [0.15, 0.2) is 0 Å². The Balaban J connectivity index is 1.86. The van der Waals surface area contributed by atoms with Gasteiger partial charge >= 0.3 is 5.97 Å². The Bertz CT molecular complexity index is 953. The van der Waals surface area contributed by atoms with Gasteiger partial charge in [0, 0.05) is 15.7 Å². The molecule has 6 heteroatoms. The van der Waals surface area contributed by atoms with E-state index in [0.29, 0.717) is 23.8 Å². The maximum atomic E-state index is 13.5. The molecule has 0 bridgehead atoms. The summed E-state index contributed by atoms with van der Waals surface area (Å²) in [5, 5.41) is 3.14. The number of hydrogen-bond acceptors (Lipinski definition) is 4. The van der Waals surface area contributed by atoms with Crippen LogP contribution in [0.25, 0.3) is 0 Å². The molecule has 1 aliphatic rings. The fraction of sp³-hybridized carbons (Fsp3) is 0.462. The topological polar surface area (TPSA) is 64.6 Å². The average molecular weight is 502 g/mol. The standard InChI is InChI=1S/C26H32BrNO4/c1-5-26(3,25(30)31-4)32-22-12-8-11-21(17(22)2)28-24(29)23(18-9-6-7-10-18)19-13-15-20(27)16-14-19/h8,11-16,18,23H,5-7,9-10H2,1-4H3,(H,28,29). The number of amides is 1. The lowest BCUT2D eigenvalue weighted by Gasteiger charge is -2.28. The van der Waals surface area contributed by atoms with Gasteiger partial charge in [0.1, 0.15) is 5.75 Å². The second-order valence-corrected chi connectivity index (χ2v) is 9.59. The number of hydrogen-bond donors (Lipinski definition) is 1. The summed E-state index contributed by atoms with van der Waals surface area (Å²) in [6.45, 7) is 5.48. The normalized spacial score (nSPS) is 16.8. The van der Waals surface area contributed by atoms with Gasteiger partial charge in [-0.25, -0.2) is 4.79 Å². The molecule has 0 radical (unpaired) electrons. The highest BCUT2D eigenvalue weighted by Gasteiger charge is 2.36. The predicted molar refractivity (Wildman–Crippen MR) is 130 cm³/mol. The summed E-state index contributed by atoms with van der Waals surface area (Å²) < 4.78 is 12.0. The third kappa shape index (κ3) is 5.34. The molecule has 0 aromatic heterocycles. The van der Waals surface area contributed by atoms with Gasteiger partial charge in [-0.05, 0) is 68.9 Å². The van der Waals surface area contributed by atoms with Crippen molar-refractivity contribution in [2.75, 3.05) is 12.4 Å². The second-order valence-electron chi connectivity index (χ2n) is 8.67. The summed E-state index contributed by atoms with van der Waals surface area (Å²) in [6.07, 6.45) is 4.91. The maximum Gasteiger partial charge on any atom is 0.349 e. The van der Waals surface area contributed by atoms with Crippen LogP contribution >= 0.6 is 15.9 Å². The number of ether oxygens (including phenoxy) is 2. The average Bonchev–Trinajstić information content (AvgIpc) is 3.31. The van der Waals surface area contributed by atoms with E-state index >= 15 is 0 Å².